The first-order valence-electron chi connectivity index (χ1n) is 6.37. The molecule has 0 saturated carbocycles. The van der Waals surface area contributed by atoms with E-state index in [1.165, 1.54) is 11.8 Å². The molecule has 112 valence electrons. The lowest BCUT2D eigenvalue weighted by molar-refractivity contribution is -0.133. The van der Waals surface area contributed by atoms with Crippen molar-refractivity contribution in [3.63, 3.8) is 0 Å². The molecule has 0 fully saturated rings. The average Bonchev–Trinajstić information content (AvgIpc) is 2.79. The molecule has 0 bridgehead atoms. The zero-order chi connectivity index (χ0) is 15.4. The summed E-state index contributed by atoms with van der Waals surface area (Å²) < 4.78 is 2.75. The zero-order valence-electron chi connectivity index (χ0n) is 11.7. The summed E-state index contributed by atoms with van der Waals surface area (Å²) in [4.78, 5) is 15.1. The van der Waals surface area contributed by atoms with Crippen molar-refractivity contribution in [3.8, 4) is 11.5 Å². The number of carboxylic acids is 1. The van der Waals surface area contributed by atoms with Gasteiger partial charge < -0.3 is 9.67 Å². The molecule has 0 aliphatic carbocycles. The van der Waals surface area contributed by atoms with Crippen LogP contribution in [0, 0.1) is 5.92 Å². The molecule has 8 heteroatoms. The maximum Gasteiger partial charge on any atom is 0.313 e. The molecule has 2 aromatic heterocycles. The van der Waals surface area contributed by atoms with E-state index in [2.05, 4.69) is 45.0 Å². The van der Waals surface area contributed by atoms with Crippen molar-refractivity contribution < 1.29 is 9.90 Å². The number of aromatic nitrogens is 4. The summed E-state index contributed by atoms with van der Waals surface area (Å²) in [5, 5.41) is 17.7. The van der Waals surface area contributed by atoms with Crippen molar-refractivity contribution in [1.29, 1.82) is 0 Å². The van der Waals surface area contributed by atoms with Crippen LogP contribution in [-0.2, 0) is 11.3 Å². The number of carbonyl (C=O) groups is 1. The Kier molecular flexibility index (Phi) is 5.35. The van der Waals surface area contributed by atoms with Crippen LogP contribution < -0.4 is 0 Å². The molecule has 6 nitrogen and oxygen atoms in total. The predicted molar refractivity (Wildman–Crippen MR) is 84.2 cm³/mol. The highest BCUT2D eigenvalue weighted by Crippen LogP contribution is 2.28. The molecule has 0 spiro atoms. The van der Waals surface area contributed by atoms with Gasteiger partial charge in [0.1, 0.15) is 5.69 Å². The second-order valence-corrected chi connectivity index (χ2v) is 6.62. The Labute approximate surface area is 135 Å². The molecule has 0 aliphatic rings. The second kappa shape index (κ2) is 7.04. The summed E-state index contributed by atoms with van der Waals surface area (Å²) in [5.41, 5.74) is 0.702. The molecule has 0 unspecified atom stereocenters. The van der Waals surface area contributed by atoms with Crippen molar-refractivity contribution in [3.05, 3.63) is 22.8 Å². The van der Waals surface area contributed by atoms with Crippen molar-refractivity contribution >= 4 is 33.7 Å². The largest absolute Gasteiger partial charge is 0.481 e. The molecule has 0 aliphatic heterocycles. The van der Waals surface area contributed by atoms with Gasteiger partial charge in [0, 0.05) is 17.2 Å². The van der Waals surface area contributed by atoms with E-state index in [1.54, 1.807) is 6.20 Å². The molecule has 0 aromatic carbocycles. The molecule has 2 rings (SSSR count). The van der Waals surface area contributed by atoms with E-state index >= 15 is 0 Å². The molecule has 0 atom stereocenters. The lowest BCUT2D eigenvalue weighted by Gasteiger charge is -2.12. The average molecular weight is 371 g/mol. The van der Waals surface area contributed by atoms with Gasteiger partial charge in [0.25, 0.3) is 0 Å². The Morgan fingerprint density at radius 1 is 1.48 bits per heavy atom. The Balaban J connectivity index is 2.41. The Morgan fingerprint density at radius 2 is 2.24 bits per heavy atom. The molecule has 0 radical (unpaired) electrons. The lowest BCUT2D eigenvalue weighted by atomic mass is 10.2. The van der Waals surface area contributed by atoms with Crippen LogP contribution in [-0.4, -0.2) is 36.6 Å². The normalized spacial score (nSPS) is 11.0. The van der Waals surface area contributed by atoms with E-state index in [1.807, 2.05) is 16.7 Å². The summed E-state index contributed by atoms with van der Waals surface area (Å²) in [6.07, 6.45) is 1.69. The fourth-order valence-electron chi connectivity index (χ4n) is 1.78. The monoisotopic (exact) mass is 370 g/mol. The third-order valence-electron chi connectivity index (χ3n) is 2.56. The number of nitrogens with zero attached hydrogens (tertiary/aromatic N) is 4. The van der Waals surface area contributed by atoms with E-state index in [0.29, 0.717) is 29.1 Å². The van der Waals surface area contributed by atoms with Gasteiger partial charge in [-0.3, -0.25) is 9.78 Å². The fraction of sp³-hybridized carbons (Fsp3) is 0.385. The number of pyridine rings is 1. The first kappa shape index (κ1) is 16.0. The summed E-state index contributed by atoms with van der Waals surface area (Å²) in [6.45, 7) is 4.87. The maximum atomic E-state index is 10.7. The number of carboxylic acid groups (broad SMARTS) is 1. The Bertz CT molecular complexity index is 645. The van der Waals surface area contributed by atoms with Crippen LogP contribution in [0.5, 0.6) is 0 Å². The first-order valence-corrected chi connectivity index (χ1v) is 8.15. The number of hydrogen-bond acceptors (Lipinski definition) is 5. The van der Waals surface area contributed by atoms with Crippen molar-refractivity contribution in [1.82, 2.24) is 19.7 Å². The predicted octanol–water partition coefficient (Wildman–Crippen LogP) is 2.94. The van der Waals surface area contributed by atoms with Crippen LogP contribution in [0.25, 0.3) is 11.5 Å². The van der Waals surface area contributed by atoms with Crippen LogP contribution in [0.3, 0.4) is 0 Å². The topological polar surface area (TPSA) is 80.9 Å². The van der Waals surface area contributed by atoms with Crippen LogP contribution in [0.15, 0.2) is 28.0 Å². The minimum atomic E-state index is -0.875. The zero-order valence-corrected chi connectivity index (χ0v) is 14.1. The van der Waals surface area contributed by atoms with Gasteiger partial charge in [0.15, 0.2) is 11.0 Å². The first-order chi connectivity index (χ1) is 9.99. The molecule has 1 N–H and O–H groups in total. The molecule has 0 amide bonds. The van der Waals surface area contributed by atoms with Gasteiger partial charge in [-0.05, 0) is 34.0 Å². The number of rotatable bonds is 6. The van der Waals surface area contributed by atoms with Gasteiger partial charge in [-0.1, -0.05) is 25.6 Å². The number of halogens is 1. The Hall–Kier alpha value is -1.41. The molecule has 0 saturated heterocycles. The molecular weight excluding hydrogens is 356 g/mol. The maximum absolute atomic E-state index is 10.7. The quantitative estimate of drug-likeness (QED) is 0.787. The van der Waals surface area contributed by atoms with Gasteiger partial charge in [-0.25, -0.2) is 0 Å². The van der Waals surface area contributed by atoms with E-state index < -0.39 is 5.97 Å². The highest BCUT2D eigenvalue weighted by atomic mass is 79.9. The lowest BCUT2D eigenvalue weighted by Crippen LogP contribution is -2.09. The summed E-state index contributed by atoms with van der Waals surface area (Å²) in [5.74, 6) is 0.106. The SMILES string of the molecule is CC(C)Cn1c(SCC(=O)O)nnc1-c1ncccc1Br. The van der Waals surface area contributed by atoms with Crippen LogP contribution >= 0.6 is 27.7 Å². The Morgan fingerprint density at radius 3 is 2.86 bits per heavy atom. The van der Waals surface area contributed by atoms with E-state index in [-0.39, 0.29) is 5.75 Å². The fourth-order valence-corrected chi connectivity index (χ4v) is 2.88. The van der Waals surface area contributed by atoms with Crippen molar-refractivity contribution in [2.24, 2.45) is 5.92 Å². The molecular formula is C13H15BrN4O2S. The second-order valence-electron chi connectivity index (χ2n) is 4.83. The number of aliphatic carboxylic acids is 1. The highest BCUT2D eigenvalue weighted by molar-refractivity contribution is 9.10. The molecule has 2 heterocycles. The minimum Gasteiger partial charge on any atom is -0.481 e. The number of thioether (sulfide) groups is 1. The minimum absolute atomic E-state index is 0.0420. The standard InChI is InChI=1S/C13H15BrN4O2S/c1-8(2)6-18-12(11-9(14)4-3-5-15-11)16-17-13(18)21-7-10(19)20/h3-5,8H,6-7H2,1-2H3,(H,19,20). The third-order valence-corrected chi connectivity index (χ3v) is 4.15. The van der Waals surface area contributed by atoms with Gasteiger partial charge >= 0.3 is 5.97 Å². The van der Waals surface area contributed by atoms with E-state index in [4.69, 9.17) is 5.11 Å². The van der Waals surface area contributed by atoms with Crippen LogP contribution in [0.4, 0.5) is 0 Å². The molecule has 21 heavy (non-hydrogen) atoms. The summed E-state index contributed by atoms with van der Waals surface area (Å²) in [6, 6.07) is 3.72. The highest BCUT2D eigenvalue weighted by Gasteiger charge is 2.18. The van der Waals surface area contributed by atoms with E-state index in [9.17, 15) is 4.79 Å². The van der Waals surface area contributed by atoms with E-state index in [0.717, 1.165) is 4.47 Å². The molecule has 2 aromatic rings. The van der Waals surface area contributed by atoms with Gasteiger partial charge in [0.2, 0.25) is 0 Å². The summed E-state index contributed by atoms with van der Waals surface area (Å²) >= 11 is 4.63. The van der Waals surface area contributed by atoms with Gasteiger partial charge in [-0.2, -0.15) is 0 Å². The van der Waals surface area contributed by atoms with Gasteiger partial charge in [-0.15, -0.1) is 10.2 Å². The van der Waals surface area contributed by atoms with Crippen molar-refractivity contribution in [2.75, 3.05) is 5.75 Å². The van der Waals surface area contributed by atoms with Crippen LogP contribution in [0.1, 0.15) is 13.8 Å². The smallest absolute Gasteiger partial charge is 0.313 e. The van der Waals surface area contributed by atoms with Crippen molar-refractivity contribution in [2.45, 2.75) is 25.5 Å². The third kappa shape index (κ3) is 4.04. The van der Waals surface area contributed by atoms with Gasteiger partial charge in [0.05, 0.1) is 5.75 Å². The summed E-state index contributed by atoms with van der Waals surface area (Å²) in [7, 11) is 0. The number of hydrogen-bond donors (Lipinski definition) is 1. The van der Waals surface area contributed by atoms with Crippen LogP contribution in [0.2, 0.25) is 0 Å².